The van der Waals surface area contributed by atoms with Crippen molar-refractivity contribution in [2.45, 2.75) is 71.6 Å². The second-order valence-electron chi connectivity index (χ2n) is 10.3. The first kappa shape index (κ1) is 29.1. The monoisotopic (exact) mass is 539 g/mol. The van der Waals surface area contributed by atoms with Crippen LogP contribution in [0, 0.1) is 0 Å². The third kappa shape index (κ3) is 7.19. The summed E-state index contributed by atoms with van der Waals surface area (Å²) in [7, 11) is 1.33. The summed E-state index contributed by atoms with van der Waals surface area (Å²) in [6.45, 7) is 6.70. The Hall–Kier alpha value is -3.90. The predicted octanol–water partition coefficient (Wildman–Crippen LogP) is 7.78. The van der Waals surface area contributed by atoms with Crippen LogP contribution < -0.4 is 0 Å². The number of aromatic hydroxyl groups is 1. The number of carbonyl (C=O) groups is 1. The highest BCUT2D eigenvalue weighted by molar-refractivity contribution is 5.92. The summed E-state index contributed by atoms with van der Waals surface area (Å²) in [6.07, 6.45) is 7.39. The summed E-state index contributed by atoms with van der Waals surface area (Å²) in [5, 5.41) is 10.3. The van der Waals surface area contributed by atoms with Gasteiger partial charge in [0.1, 0.15) is 17.1 Å². The fourth-order valence-electron chi connectivity index (χ4n) is 5.22. The number of aromatic nitrogens is 2. The lowest BCUT2D eigenvalue weighted by Crippen LogP contribution is -2.30. The summed E-state index contributed by atoms with van der Waals surface area (Å²) < 4.78 is 7.33. The van der Waals surface area contributed by atoms with Gasteiger partial charge in [0.05, 0.1) is 25.0 Å². The van der Waals surface area contributed by atoms with Crippen molar-refractivity contribution in [3.8, 4) is 17.1 Å². The topological polar surface area (TPSA) is 67.6 Å². The van der Waals surface area contributed by atoms with Crippen molar-refractivity contribution in [2.75, 3.05) is 7.11 Å². The number of methoxy groups -OCH3 is 1. The van der Waals surface area contributed by atoms with Crippen molar-refractivity contribution in [1.82, 2.24) is 14.5 Å². The number of hydrogen-bond donors (Lipinski definition) is 1. The molecule has 210 valence electrons. The van der Waals surface area contributed by atoms with Gasteiger partial charge in [0, 0.05) is 25.2 Å². The number of phenolic OH excluding ortho intramolecular Hbond substituents is 1. The van der Waals surface area contributed by atoms with Gasteiger partial charge in [-0.3, -0.25) is 4.90 Å². The van der Waals surface area contributed by atoms with Crippen molar-refractivity contribution in [2.24, 2.45) is 0 Å². The van der Waals surface area contributed by atoms with Crippen LogP contribution in [-0.4, -0.2) is 32.6 Å². The molecule has 6 heteroatoms. The lowest BCUT2D eigenvalue weighted by atomic mass is 10.0. The second kappa shape index (κ2) is 14.5. The summed E-state index contributed by atoms with van der Waals surface area (Å²) in [5.41, 5.74) is 4.68. The number of phenols is 1. The molecule has 1 N–H and O–H groups in total. The molecule has 0 saturated heterocycles. The molecule has 0 spiro atoms. The van der Waals surface area contributed by atoms with Gasteiger partial charge in [-0.2, -0.15) is 0 Å². The van der Waals surface area contributed by atoms with Crippen LogP contribution in [0.5, 0.6) is 5.75 Å². The molecular weight excluding hydrogens is 498 g/mol. The van der Waals surface area contributed by atoms with E-state index < -0.39 is 5.97 Å². The molecular formula is C34H41N3O3. The Morgan fingerprint density at radius 2 is 1.60 bits per heavy atom. The van der Waals surface area contributed by atoms with E-state index in [0.717, 1.165) is 62.1 Å². The first-order chi connectivity index (χ1) is 19.5. The van der Waals surface area contributed by atoms with Crippen molar-refractivity contribution >= 4 is 5.97 Å². The third-order valence-corrected chi connectivity index (χ3v) is 7.35. The van der Waals surface area contributed by atoms with Gasteiger partial charge >= 0.3 is 5.97 Å². The molecule has 1 atom stereocenters. The van der Waals surface area contributed by atoms with Crippen LogP contribution in [0.1, 0.15) is 79.2 Å². The molecule has 1 heterocycles. The Kier molecular flexibility index (Phi) is 10.5. The highest BCUT2D eigenvalue weighted by atomic mass is 16.5. The molecule has 0 aliphatic carbocycles. The molecule has 0 aliphatic rings. The van der Waals surface area contributed by atoms with Gasteiger partial charge in [-0.05, 0) is 36.1 Å². The predicted molar refractivity (Wildman–Crippen MR) is 160 cm³/mol. The molecule has 0 bridgehead atoms. The van der Waals surface area contributed by atoms with Crippen LogP contribution in [-0.2, 0) is 24.4 Å². The smallest absolute Gasteiger partial charge is 0.341 e. The summed E-state index contributed by atoms with van der Waals surface area (Å²) in [4.78, 5) is 19.8. The van der Waals surface area contributed by atoms with Crippen molar-refractivity contribution in [3.63, 3.8) is 0 Å². The molecule has 6 nitrogen and oxygen atoms in total. The van der Waals surface area contributed by atoms with E-state index in [1.54, 1.807) is 12.1 Å². The number of nitrogens with zero attached hydrogens (tertiary/aromatic N) is 3. The van der Waals surface area contributed by atoms with Gasteiger partial charge < -0.3 is 14.4 Å². The molecule has 0 radical (unpaired) electrons. The maximum atomic E-state index is 12.3. The summed E-state index contributed by atoms with van der Waals surface area (Å²) >= 11 is 0. The first-order valence-corrected chi connectivity index (χ1v) is 14.3. The zero-order chi connectivity index (χ0) is 28.3. The number of unbranched alkanes of at least 4 members (excludes halogenated alkanes) is 2. The molecule has 1 unspecified atom stereocenters. The molecule has 0 aliphatic heterocycles. The molecule has 4 aromatic rings. The zero-order valence-corrected chi connectivity index (χ0v) is 23.9. The molecule has 3 aromatic carbocycles. The van der Waals surface area contributed by atoms with Crippen molar-refractivity contribution in [1.29, 1.82) is 0 Å². The van der Waals surface area contributed by atoms with Crippen LogP contribution in [0.4, 0.5) is 0 Å². The van der Waals surface area contributed by atoms with E-state index in [1.165, 1.54) is 18.4 Å². The number of carbonyl (C=O) groups excluding carboxylic acids is 1. The number of hydrogen-bond acceptors (Lipinski definition) is 5. The first-order valence-electron chi connectivity index (χ1n) is 14.3. The number of benzene rings is 3. The van der Waals surface area contributed by atoms with Crippen LogP contribution in [0.15, 0.2) is 85.1 Å². The molecule has 0 saturated carbocycles. The Labute approximate surface area is 238 Å². The van der Waals surface area contributed by atoms with Gasteiger partial charge in [-0.15, -0.1) is 0 Å². The average molecular weight is 540 g/mol. The van der Waals surface area contributed by atoms with Gasteiger partial charge in [0.2, 0.25) is 0 Å². The van der Waals surface area contributed by atoms with Gasteiger partial charge in [-0.25, -0.2) is 9.78 Å². The fourth-order valence-corrected chi connectivity index (χ4v) is 5.22. The van der Waals surface area contributed by atoms with Crippen LogP contribution in [0.2, 0.25) is 0 Å². The van der Waals surface area contributed by atoms with Crippen LogP contribution in [0.3, 0.4) is 0 Å². The van der Waals surface area contributed by atoms with E-state index in [1.807, 2.05) is 18.2 Å². The number of rotatable bonds is 14. The molecule has 1 aromatic heterocycles. The SMILES string of the molecule is CCCCC(c1cnc(-c2ccccc2)n1CCCC)N(Cc1ccccc1)Cc1ccc(O)c(C(=O)OC)c1. The lowest BCUT2D eigenvalue weighted by molar-refractivity contribution is 0.0597. The third-order valence-electron chi connectivity index (χ3n) is 7.35. The van der Waals surface area contributed by atoms with Gasteiger partial charge in [0.25, 0.3) is 0 Å². The van der Waals surface area contributed by atoms with E-state index in [2.05, 4.69) is 78.0 Å². The Morgan fingerprint density at radius 3 is 2.27 bits per heavy atom. The Balaban J connectivity index is 1.79. The van der Waals surface area contributed by atoms with Crippen LogP contribution in [0.25, 0.3) is 11.4 Å². The zero-order valence-electron chi connectivity index (χ0n) is 23.9. The maximum absolute atomic E-state index is 12.3. The molecule has 40 heavy (non-hydrogen) atoms. The van der Waals surface area contributed by atoms with Crippen LogP contribution >= 0.6 is 0 Å². The van der Waals surface area contributed by atoms with Gasteiger partial charge in [0.15, 0.2) is 0 Å². The Morgan fingerprint density at radius 1 is 0.925 bits per heavy atom. The van der Waals surface area contributed by atoms with E-state index in [9.17, 15) is 9.90 Å². The highest BCUT2D eigenvalue weighted by Crippen LogP contribution is 2.34. The minimum absolute atomic E-state index is 0.0714. The Bertz CT molecular complexity index is 1350. The number of ether oxygens (including phenoxy) is 1. The number of esters is 1. The maximum Gasteiger partial charge on any atom is 0.341 e. The molecule has 4 rings (SSSR count). The standard InChI is InChI=1S/C34H41N3O3/c1-4-6-18-30(31-23-35-33(37(31)21-7-5-2)28-16-12-9-13-17-28)36(24-26-14-10-8-11-15-26)25-27-19-20-32(38)29(22-27)34(39)40-3/h8-17,19-20,22-23,30,38H,4-7,18,21,24-25H2,1-3H3. The average Bonchev–Trinajstić information content (AvgIpc) is 3.41. The molecule has 0 amide bonds. The van der Waals surface area contributed by atoms with Crippen molar-refractivity contribution in [3.05, 3.63) is 107 Å². The minimum atomic E-state index is -0.540. The van der Waals surface area contributed by atoms with E-state index >= 15 is 0 Å². The second-order valence-corrected chi connectivity index (χ2v) is 10.3. The van der Waals surface area contributed by atoms with Crippen molar-refractivity contribution < 1.29 is 14.6 Å². The minimum Gasteiger partial charge on any atom is -0.507 e. The van der Waals surface area contributed by atoms with E-state index in [4.69, 9.17) is 9.72 Å². The normalized spacial score (nSPS) is 12.0. The summed E-state index contributed by atoms with van der Waals surface area (Å²) in [5.74, 6) is 0.391. The van der Waals surface area contributed by atoms with E-state index in [0.29, 0.717) is 6.54 Å². The molecule has 0 fully saturated rings. The number of imidazole rings is 1. The lowest BCUT2D eigenvalue weighted by Gasteiger charge is -2.33. The van der Waals surface area contributed by atoms with Gasteiger partial charge in [-0.1, -0.05) is 99.8 Å². The quantitative estimate of drug-likeness (QED) is 0.166. The van der Waals surface area contributed by atoms with E-state index in [-0.39, 0.29) is 17.4 Å². The fraction of sp³-hybridized carbons (Fsp3) is 0.353. The highest BCUT2D eigenvalue weighted by Gasteiger charge is 2.26. The summed E-state index contributed by atoms with van der Waals surface area (Å²) in [6, 6.07) is 26.3. The largest absolute Gasteiger partial charge is 0.507 e.